The summed E-state index contributed by atoms with van der Waals surface area (Å²) in [6.45, 7) is -0.120. The van der Waals surface area contributed by atoms with Gasteiger partial charge in [0.2, 0.25) is 0 Å². The molecular weight excluding hydrogens is 416 g/mol. The third-order valence-corrected chi connectivity index (χ3v) is 4.40. The summed E-state index contributed by atoms with van der Waals surface area (Å²) >= 11 is 0. The number of ether oxygens (including phenoxy) is 1. The Kier molecular flexibility index (Phi) is 5.32. The fraction of sp³-hybridized carbons (Fsp3) is 0.150. The lowest BCUT2D eigenvalue weighted by molar-refractivity contribution is -0.140. The molecule has 0 unspecified atom stereocenters. The van der Waals surface area contributed by atoms with Crippen molar-refractivity contribution in [2.75, 3.05) is 7.11 Å². The lowest BCUT2D eigenvalue weighted by atomic mass is 10.1. The number of methoxy groups -OCH3 is 1. The van der Waals surface area contributed by atoms with Gasteiger partial charge < -0.3 is 4.74 Å². The topological polar surface area (TPSA) is 77.5 Å². The predicted octanol–water partition coefficient (Wildman–Crippen LogP) is 5.27. The van der Waals surface area contributed by atoms with Gasteiger partial charge >= 0.3 is 6.18 Å². The monoisotopic (exact) mass is 430 g/mol. The maximum atomic E-state index is 13.7. The van der Waals surface area contributed by atoms with Crippen LogP contribution >= 0.6 is 0 Å². The number of rotatable bonds is 5. The van der Waals surface area contributed by atoms with Crippen molar-refractivity contribution in [2.24, 2.45) is 10.2 Å². The van der Waals surface area contributed by atoms with E-state index in [4.69, 9.17) is 4.74 Å². The molecule has 0 aliphatic carbocycles. The minimum absolute atomic E-state index is 0.120. The fourth-order valence-corrected chi connectivity index (χ4v) is 2.91. The molecule has 31 heavy (non-hydrogen) atoms. The molecule has 0 bridgehead atoms. The molecule has 4 rings (SSSR count). The molecule has 0 fully saturated rings. The van der Waals surface area contributed by atoms with Crippen molar-refractivity contribution in [1.29, 1.82) is 0 Å². The van der Waals surface area contributed by atoms with Crippen LogP contribution in [0.4, 0.5) is 23.4 Å². The van der Waals surface area contributed by atoms with E-state index >= 15 is 0 Å². The highest BCUT2D eigenvalue weighted by Crippen LogP contribution is 2.32. The van der Waals surface area contributed by atoms with Gasteiger partial charge in [0, 0.05) is 6.07 Å². The molecule has 0 aliphatic rings. The summed E-state index contributed by atoms with van der Waals surface area (Å²) in [5, 5.41) is 12.8. The van der Waals surface area contributed by atoms with Gasteiger partial charge in [0.05, 0.1) is 36.5 Å². The van der Waals surface area contributed by atoms with E-state index in [0.29, 0.717) is 22.8 Å². The van der Waals surface area contributed by atoms with E-state index in [1.807, 2.05) is 12.1 Å². The minimum Gasteiger partial charge on any atom is -0.497 e. The Hall–Kier alpha value is -3.89. The second-order valence-electron chi connectivity index (χ2n) is 6.40. The van der Waals surface area contributed by atoms with Crippen LogP contribution in [0.3, 0.4) is 0 Å². The van der Waals surface area contributed by atoms with Crippen molar-refractivity contribution in [2.45, 2.75) is 12.7 Å². The first-order valence-electron chi connectivity index (χ1n) is 8.93. The molecule has 0 amide bonds. The Morgan fingerprint density at radius 3 is 2.68 bits per heavy atom. The molecule has 0 saturated carbocycles. The molecule has 2 aromatic heterocycles. The van der Waals surface area contributed by atoms with Crippen LogP contribution in [0.1, 0.15) is 11.1 Å². The van der Waals surface area contributed by atoms with E-state index in [2.05, 4.69) is 25.3 Å². The van der Waals surface area contributed by atoms with E-state index in [0.717, 1.165) is 17.8 Å². The van der Waals surface area contributed by atoms with Crippen molar-refractivity contribution in [3.05, 3.63) is 71.9 Å². The molecule has 2 aromatic carbocycles. The average Bonchev–Trinajstić information content (AvgIpc) is 3.18. The van der Waals surface area contributed by atoms with Crippen LogP contribution in [-0.2, 0) is 12.7 Å². The van der Waals surface area contributed by atoms with Crippen LogP contribution in [0.15, 0.2) is 65.2 Å². The first-order valence-corrected chi connectivity index (χ1v) is 8.93. The molecule has 158 valence electrons. The maximum absolute atomic E-state index is 13.7. The molecule has 7 nitrogen and oxygen atoms in total. The van der Waals surface area contributed by atoms with Crippen molar-refractivity contribution in [1.82, 2.24) is 19.7 Å². The zero-order valence-corrected chi connectivity index (χ0v) is 16.0. The molecule has 4 aromatic rings. The number of benzene rings is 2. The molecule has 11 heteroatoms. The van der Waals surface area contributed by atoms with Gasteiger partial charge in [0.25, 0.3) is 0 Å². The van der Waals surface area contributed by atoms with Gasteiger partial charge in [-0.25, -0.2) is 19.0 Å². The smallest absolute Gasteiger partial charge is 0.419 e. The zero-order chi connectivity index (χ0) is 22.0. The summed E-state index contributed by atoms with van der Waals surface area (Å²) in [6.07, 6.45) is -1.92. The predicted molar refractivity (Wildman–Crippen MR) is 103 cm³/mol. The summed E-state index contributed by atoms with van der Waals surface area (Å²) in [7, 11) is 1.56. The molecular formula is C20H14F4N6O. The van der Waals surface area contributed by atoms with Crippen LogP contribution in [0.2, 0.25) is 0 Å². The highest BCUT2D eigenvalue weighted by molar-refractivity contribution is 5.85. The summed E-state index contributed by atoms with van der Waals surface area (Å²) in [5.74, 6) is -0.477. The highest BCUT2D eigenvalue weighted by Gasteiger charge is 2.33. The third-order valence-electron chi connectivity index (χ3n) is 4.40. The molecule has 0 radical (unpaired) electrons. The first kappa shape index (κ1) is 20.4. The van der Waals surface area contributed by atoms with E-state index in [1.54, 1.807) is 23.9 Å². The normalized spacial score (nSPS) is 12.0. The molecule has 0 aliphatic heterocycles. The Labute approximate surface area is 173 Å². The van der Waals surface area contributed by atoms with E-state index in [1.165, 1.54) is 12.5 Å². The van der Waals surface area contributed by atoms with Gasteiger partial charge in [-0.3, -0.25) is 0 Å². The summed E-state index contributed by atoms with van der Waals surface area (Å²) in [5.41, 5.74) is 0.122. The zero-order valence-electron chi connectivity index (χ0n) is 16.0. The quantitative estimate of drug-likeness (QED) is 0.319. The average molecular weight is 430 g/mol. The largest absolute Gasteiger partial charge is 0.497 e. The molecule has 0 N–H and O–H groups in total. The Bertz CT molecular complexity index is 1270. The minimum atomic E-state index is -4.75. The van der Waals surface area contributed by atoms with Crippen molar-refractivity contribution >= 4 is 16.9 Å². The Morgan fingerprint density at radius 2 is 1.94 bits per heavy atom. The van der Waals surface area contributed by atoms with Crippen molar-refractivity contribution in [3.8, 4) is 11.4 Å². The second-order valence-corrected chi connectivity index (χ2v) is 6.40. The molecule has 2 heterocycles. The molecule has 0 saturated heterocycles. The Balaban J connectivity index is 1.59. The van der Waals surface area contributed by atoms with Crippen LogP contribution < -0.4 is 4.74 Å². The van der Waals surface area contributed by atoms with Gasteiger partial charge in [-0.1, -0.05) is 12.1 Å². The van der Waals surface area contributed by atoms with Gasteiger partial charge in [-0.05, 0) is 29.8 Å². The number of fused-ring (bicyclic) bond motifs is 1. The molecule has 0 spiro atoms. The lowest BCUT2D eigenvalue weighted by Crippen LogP contribution is -2.08. The van der Waals surface area contributed by atoms with Gasteiger partial charge in [0.1, 0.15) is 17.9 Å². The Morgan fingerprint density at radius 1 is 1.10 bits per heavy atom. The number of nitrogens with zero attached hydrogens (tertiary/aromatic N) is 6. The fourth-order valence-electron chi connectivity index (χ4n) is 2.91. The van der Waals surface area contributed by atoms with Crippen molar-refractivity contribution in [3.63, 3.8) is 0 Å². The standard InChI is InChI=1S/C20H14F4N6O/c1-31-14-4-2-3-13(8-14)30-19-15(10-28-30)18(25-11-26-19)29-27-9-12-5-6-16(17(21)7-12)20(22,23)24/h2-8,10-11H,9H2,1H3. The third kappa shape index (κ3) is 4.20. The van der Waals surface area contributed by atoms with Crippen LogP contribution in [0, 0.1) is 5.82 Å². The van der Waals surface area contributed by atoms with E-state index in [-0.39, 0.29) is 17.9 Å². The molecule has 0 atom stereocenters. The van der Waals surface area contributed by atoms with E-state index < -0.39 is 17.6 Å². The summed E-state index contributed by atoms with van der Waals surface area (Å²) in [4.78, 5) is 8.31. The van der Waals surface area contributed by atoms with Gasteiger partial charge in [-0.15, -0.1) is 5.11 Å². The van der Waals surface area contributed by atoms with Crippen LogP contribution in [0.5, 0.6) is 5.75 Å². The maximum Gasteiger partial charge on any atom is 0.419 e. The number of azo groups is 1. The number of alkyl halides is 3. The second kappa shape index (κ2) is 8.09. The van der Waals surface area contributed by atoms with Gasteiger partial charge in [-0.2, -0.15) is 23.4 Å². The van der Waals surface area contributed by atoms with E-state index in [9.17, 15) is 17.6 Å². The summed E-state index contributed by atoms with van der Waals surface area (Å²) < 4.78 is 58.5. The van der Waals surface area contributed by atoms with Gasteiger partial charge in [0.15, 0.2) is 11.5 Å². The summed E-state index contributed by atoms with van der Waals surface area (Å²) in [6, 6.07) is 9.85. The number of hydrogen-bond acceptors (Lipinski definition) is 6. The number of hydrogen-bond donors (Lipinski definition) is 0. The van der Waals surface area contributed by atoms with Crippen molar-refractivity contribution < 1.29 is 22.3 Å². The van der Waals surface area contributed by atoms with Crippen LogP contribution in [0.25, 0.3) is 16.7 Å². The lowest BCUT2D eigenvalue weighted by Gasteiger charge is -2.08. The SMILES string of the molecule is COc1cccc(-n2ncc3c(N=NCc4ccc(C(F)(F)F)c(F)c4)ncnc32)c1. The number of aromatic nitrogens is 4. The number of halogens is 4. The first-order chi connectivity index (χ1) is 14.9. The highest BCUT2D eigenvalue weighted by atomic mass is 19.4. The van der Waals surface area contributed by atoms with Crippen LogP contribution in [-0.4, -0.2) is 26.9 Å².